The Morgan fingerprint density at radius 3 is 2.27 bits per heavy atom. The van der Waals surface area contributed by atoms with E-state index in [1.807, 2.05) is 7.05 Å². The minimum atomic E-state index is -0.994. The molecule has 1 unspecified atom stereocenters. The van der Waals surface area contributed by atoms with E-state index in [1.54, 1.807) is 11.8 Å². The zero-order valence-corrected chi connectivity index (χ0v) is 22.1. The highest BCUT2D eigenvalue weighted by atomic mass is 16.5. The molecule has 0 radical (unpaired) electrons. The smallest absolute Gasteiger partial charge is 0.413 e. The van der Waals surface area contributed by atoms with Crippen molar-refractivity contribution in [2.75, 3.05) is 52.9 Å². The summed E-state index contributed by atoms with van der Waals surface area (Å²) >= 11 is 0. The number of piperazine rings is 1. The van der Waals surface area contributed by atoms with Gasteiger partial charge < -0.3 is 29.9 Å². The van der Waals surface area contributed by atoms with Crippen molar-refractivity contribution in [3.05, 3.63) is 0 Å². The first-order valence-electron chi connectivity index (χ1n) is 13.4. The molecule has 1 aliphatic carbocycles. The van der Waals surface area contributed by atoms with Crippen molar-refractivity contribution in [3.8, 4) is 6.07 Å². The highest BCUT2D eigenvalue weighted by Gasteiger charge is 2.38. The first-order valence-corrected chi connectivity index (χ1v) is 13.4. The maximum absolute atomic E-state index is 13.7. The number of carboxylic acid groups (broad SMARTS) is 1. The third-order valence-electron chi connectivity index (χ3n) is 7.62. The molecule has 0 aromatic rings. The average Bonchev–Trinajstić information content (AvgIpc) is 2.90. The Bertz CT molecular complexity index is 867. The number of likely N-dealkylation sites (tertiary alicyclic amines) is 1. The van der Waals surface area contributed by atoms with Crippen LogP contribution >= 0.6 is 0 Å². The van der Waals surface area contributed by atoms with Crippen LogP contribution in [0.25, 0.3) is 0 Å². The summed E-state index contributed by atoms with van der Waals surface area (Å²) in [5.74, 6) is 0.217. The molecular weight excluding hydrogens is 478 g/mol. The predicted molar refractivity (Wildman–Crippen MR) is 137 cm³/mol. The molecule has 206 valence electrons. The second-order valence-electron chi connectivity index (χ2n) is 10.3. The molecule has 2 saturated heterocycles. The average molecular weight is 520 g/mol. The van der Waals surface area contributed by atoms with Gasteiger partial charge in [0.05, 0.1) is 12.7 Å². The van der Waals surface area contributed by atoms with E-state index in [0.29, 0.717) is 51.4 Å². The largest absolute Gasteiger partial charge is 0.465 e. The van der Waals surface area contributed by atoms with Crippen LogP contribution in [0.1, 0.15) is 58.3 Å². The van der Waals surface area contributed by atoms with Gasteiger partial charge in [0, 0.05) is 39.3 Å². The standard InChI is InChI=1S/C25H41N7O5/c1-3-37-23(34)28-22(31-13-15-32(16-14-31)24(35)36)27-20(17-19-7-5-4-6-8-19)21(33)29-25(18-26)9-11-30(2)12-10-25/h19-20H,3-17H2,1-2H3,(H,29,33)(H,35,36)(H,27,28,34). The fourth-order valence-corrected chi connectivity index (χ4v) is 5.25. The van der Waals surface area contributed by atoms with E-state index in [9.17, 15) is 24.8 Å². The van der Waals surface area contributed by atoms with Crippen LogP contribution in [0, 0.1) is 17.2 Å². The molecule has 0 aromatic heterocycles. The zero-order chi connectivity index (χ0) is 26.8. The Kier molecular flexibility index (Phi) is 10.4. The van der Waals surface area contributed by atoms with E-state index in [0.717, 1.165) is 25.7 Å². The lowest BCUT2D eigenvalue weighted by Gasteiger charge is -2.37. The second-order valence-corrected chi connectivity index (χ2v) is 10.3. The van der Waals surface area contributed by atoms with Crippen molar-refractivity contribution >= 4 is 24.1 Å². The van der Waals surface area contributed by atoms with Crippen molar-refractivity contribution in [1.29, 1.82) is 5.26 Å². The van der Waals surface area contributed by atoms with Crippen LogP contribution < -0.4 is 10.6 Å². The lowest BCUT2D eigenvalue weighted by molar-refractivity contribution is -0.124. The molecule has 37 heavy (non-hydrogen) atoms. The number of piperidine rings is 1. The minimum absolute atomic E-state index is 0.178. The van der Waals surface area contributed by atoms with Crippen LogP contribution in [0.15, 0.2) is 4.99 Å². The number of ether oxygens (including phenoxy) is 1. The number of guanidine groups is 1. The van der Waals surface area contributed by atoms with E-state index in [2.05, 4.69) is 21.6 Å². The lowest BCUT2D eigenvalue weighted by Crippen LogP contribution is -2.57. The highest BCUT2D eigenvalue weighted by Crippen LogP contribution is 2.29. The van der Waals surface area contributed by atoms with Gasteiger partial charge in [-0.1, -0.05) is 32.1 Å². The molecule has 3 rings (SSSR count). The lowest BCUT2D eigenvalue weighted by atomic mass is 9.84. The van der Waals surface area contributed by atoms with Gasteiger partial charge in [-0.2, -0.15) is 5.26 Å². The van der Waals surface area contributed by atoms with Gasteiger partial charge in [-0.25, -0.2) is 14.6 Å². The molecule has 0 spiro atoms. The first-order chi connectivity index (χ1) is 17.7. The normalized spacial score (nSPS) is 22.0. The third-order valence-corrected chi connectivity index (χ3v) is 7.62. The zero-order valence-electron chi connectivity index (χ0n) is 22.1. The summed E-state index contributed by atoms with van der Waals surface area (Å²) in [6.07, 6.45) is 5.38. The van der Waals surface area contributed by atoms with Crippen LogP contribution in [0.5, 0.6) is 0 Å². The second kappa shape index (κ2) is 13.5. The van der Waals surface area contributed by atoms with E-state index >= 15 is 0 Å². The summed E-state index contributed by atoms with van der Waals surface area (Å²) in [6, 6.07) is 1.55. The number of nitrogens with one attached hydrogen (secondary N) is 2. The van der Waals surface area contributed by atoms with E-state index < -0.39 is 23.8 Å². The number of rotatable bonds is 6. The number of hydrogen-bond donors (Lipinski definition) is 3. The van der Waals surface area contributed by atoms with Gasteiger partial charge in [0.1, 0.15) is 11.6 Å². The number of hydrogen-bond acceptors (Lipinski definition) is 7. The minimum Gasteiger partial charge on any atom is -0.465 e. The molecule has 12 heteroatoms. The van der Waals surface area contributed by atoms with Gasteiger partial charge >= 0.3 is 12.2 Å². The van der Waals surface area contributed by atoms with Gasteiger partial charge in [-0.3, -0.25) is 10.1 Å². The highest BCUT2D eigenvalue weighted by molar-refractivity contribution is 5.96. The Morgan fingerprint density at radius 2 is 1.70 bits per heavy atom. The number of carbonyl (C=O) groups excluding carboxylic acids is 2. The Hall–Kier alpha value is -3.07. The van der Waals surface area contributed by atoms with Crippen LogP contribution in [0.4, 0.5) is 9.59 Å². The molecule has 3 fully saturated rings. The monoisotopic (exact) mass is 519 g/mol. The van der Waals surface area contributed by atoms with Crippen LogP contribution in [0.2, 0.25) is 0 Å². The van der Waals surface area contributed by atoms with Crippen LogP contribution in [-0.4, -0.2) is 108 Å². The van der Waals surface area contributed by atoms with Gasteiger partial charge in [-0.15, -0.1) is 0 Å². The summed E-state index contributed by atoms with van der Waals surface area (Å²) in [6.45, 7) is 4.46. The molecule has 3 aliphatic rings. The van der Waals surface area contributed by atoms with E-state index in [1.165, 1.54) is 11.3 Å². The van der Waals surface area contributed by atoms with Crippen molar-refractivity contribution in [3.63, 3.8) is 0 Å². The maximum Gasteiger partial charge on any atom is 0.413 e. The Balaban J connectivity index is 1.85. The van der Waals surface area contributed by atoms with Crippen molar-refractivity contribution in [1.82, 2.24) is 25.3 Å². The topological polar surface area (TPSA) is 151 Å². The number of amides is 3. The number of carbonyl (C=O) groups is 3. The molecule has 12 nitrogen and oxygen atoms in total. The molecule has 3 N–H and O–H groups in total. The van der Waals surface area contributed by atoms with Crippen molar-refractivity contribution in [2.24, 2.45) is 10.9 Å². The van der Waals surface area contributed by atoms with Gasteiger partial charge in [0.2, 0.25) is 11.9 Å². The third kappa shape index (κ3) is 8.21. The molecule has 3 amide bonds. The predicted octanol–water partition coefficient (Wildman–Crippen LogP) is 1.83. The number of alkyl carbamates (subject to hydrolysis) is 1. The molecule has 1 saturated carbocycles. The van der Waals surface area contributed by atoms with Gasteiger partial charge in [-0.05, 0) is 39.2 Å². The van der Waals surface area contributed by atoms with E-state index in [4.69, 9.17) is 9.73 Å². The fourth-order valence-electron chi connectivity index (χ4n) is 5.25. The van der Waals surface area contributed by atoms with Crippen LogP contribution in [-0.2, 0) is 9.53 Å². The summed E-state index contributed by atoms with van der Waals surface area (Å²) in [7, 11) is 2.00. The van der Waals surface area contributed by atoms with Crippen molar-refractivity contribution in [2.45, 2.75) is 69.9 Å². The molecular formula is C25H41N7O5. The Labute approximate surface area is 219 Å². The summed E-state index contributed by atoms with van der Waals surface area (Å²) < 4.78 is 5.07. The van der Waals surface area contributed by atoms with Gasteiger partial charge in [0.25, 0.3) is 0 Å². The SMILES string of the molecule is CCOC(=O)NC(=NC(CC1CCCCC1)C(=O)NC1(C#N)CCN(C)CC1)N1CCN(C(=O)O)CC1. The summed E-state index contributed by atoms with van der Waals surface area (Å²) in [5, 5.41) is 25.0. The summed E-state index contributed by atoms with van der Waals surface area (Å²) in [5.41, 5.74) is -0.939. The van der Waals surface area contributed by atoms with Crippen LogP contribution in [0.3, 0.4) is 0 Å². The maximum atomic E-state index is 13.7. The molecule has 0 aromatic carbocycles. The number of aliphatic imine (C=N–C) groups is 1. The fraction of sp³-hybridized carbons (Fsp3) is 0.800. The number of nitrogens with zero attached hydrogens (tertiary/aromatic N) is 5. The van der Waals surface area contributed by atoms with Crippen molar-refractivity contribution < 1.29 is 24.2 Å². The molecule has 0 bridgehead atoms. The van der Waals surface area contributed by atoms with E-state index in [-0.39, 0.29) is 31.6 Å². The quantitative estimate of drug-likeness (QED) is 0.355. The summed E-state index contributed by atoms with van der Waals surface area (Å²) in [4.78, 5) is 47.4. The molecule has 2 heterocycles. The van der Waals surface area contributed by atoms with Gasteiger partial charge in [0.15, 0.2) is 0 Å². The number of nitriles is 1. The molecule has 2 aliphatic heterocycles. The first kappa shape index (κ1) is 28.5. The Morgan fingerprint density at radius 1 is 1.08 bits per heavy atom. The molecule has 1 atom stereocenters.